The molecule has 0 aliphatic rings. The number of amides is 1. The fourth-order valence-electron chi connectivity index (χ4n) is 1.29. The van der Waals surface area contributed by atoms with Gasteiger partial charge in [0.25, 0.3) is 0 Å². The summed E-state index contributed by atoms with van der Waals surface area (Å²) in [6, 6.07) is 7.47. The van der Waals surface area contributed by atoms with Crippen molar-refractivity contribution < 1.29 is 14.6 Å². The van der Waals surface area contributed by atoms with Crippen LogP contribution in [-0.2, 0) is 4.79 Å². The van der Waals surface area contributed by atoms with Crippen molar-refractivity contribution in [2.24, 2.45) is 0 Å². The molecule has 1 aromatic rings. The van der Waals surface area contributed by atoms with Gasteiger partial charge in [0.05, 0.1) is 19.6 Å². The lowest BCUT2D eigenvalue weighted by atomic mass is 10.2. The lowest BCUT2D eigenvalue weighted by Gasteiger charge is -2.11. The molecule has 4 nitrogen and oxygen atoms in total. The summed E-state index contributed by atoms with van der Waals surface area (Å²) in [5.41, 5.74) is 1.17. The van der Waals surface area contributed by atoms with E-state index in [0.717, 1.165) is 5.75 Å². The van der Waals surface area contributed by atoms with Crippen molar-refractivity contribution >= 4 is 5.91 Å². The number of hydrogen-bond donors (Lipinski definition) is 2. The molecule has 1 rings (SSSR count). The fraction of sp³-hybridized carbons (Fsp3) is 0.462. The Morgan fingerprint density at radius 1 is 1.41 bits per heavy atom. The second-order valence-electron chi connectivity index (χ2n) is 4.06. The lowest BCUT2D eigenvalue weighted by molar-refractivity contribution is -0.122. The molecule has 0 fully saturated rings. The third kappa shape index (κ3) is 5.36. The zero-order valence-electron chi connectivity index (χ0n) is 10.3. The summed E-state index contributed by atoms with van der Waals surface area (Å²) >= 11 is 0. The van der Waals surface area contributed by atoms with E-state index < -0.39 is 0 Å². The molecule has 0 saturated carbocycles. The second-order valence-corrected chi connectivity index (χ2v) is 4.06. The Morgan fingerprint density at radius 3 is 2.65 bits per heavy atom. The number of nitrogens with one attached hydrogen (secondary N) is 1. The van der Waals surface area contributed by atoms with E-state index in [2.05, 4.69) is 5.32 Å². The number of hydrogen-bond acceptors (Lipinski definition) is 3. The van der Waals surface area contributed by atoms with Gasteiger partial charge in [0.2, 0.25) is 5.91 Å². The highest BCUT2D eigenvalue weighted by Crippen LogP contribution is 2.11. The van der Waals surface area contributed by atoms with Crippen LogP contribution in [0.15, 0.2) is 24.3 Å². The van der Waals surface area contributed by atoms with Crippen LogP contribution >= 0.6 is 0 Å². The van der Waals surface area contributed by atoms with Gasteiger partial charge in [-0.25, -0.2) is 0 Å². The van der Waals surface area contributed by atoms with Crippen molar-refractivity contribution in [3.05, 3.63) is 29.8 Å². The number of aliphatic hydroxyl groups is 1. The van der Waals surface area contributed by atoms with Crippen molar-refractivity contribution in [2.75, 3.05) is 13.2 Å². The molecule has 0 aliphatic carbocycles. The van der Waals surface area contributed by atoms with Crippen LogP contribution in [0.4, 0.5) is 0 Å². The van der Waals surface area contributed by atoms with Gasteiger partial charge in [-0.2, -0.15) is 0 Å². The maximum Gasteiger partial charge on any atom is 0.223 e. The minimum absolute atomic E-state index is 0.0510. The van der Waals surface area contributed by atoms with Gasteiger partial charge in [-0.15, -0.1) is 0 Å². The van der Waals surface area contributed by atoms with E-state index in [0.29, 0.717) is 6.61 Å². The van der Waals surface area contributed by atoms with Crippen LogP contribution in [0, 0.1) is 6.92 Å². The van der Waals surface area contributed by atoms with Gasteiger partial charge in [0.1, 0.15) is 5.75 Å². The SMILES string of the molecule is Cc1ccc(OCCC(=O)NC(C)CO)cc1. The fourth-order valence-corrected chi connectivity index (χ4v) is 1.29. The standard InChI is InChI=1S/C13H19NO3/c1-10-3-5-12(6-4-10)17-8-7-13(16)14-11(2)9-15/h3-6,11,15H,7-9H2,1-2H3,(H,14,16). The van der Waals surface area contributed by atoms with Crippen LogP contribution in [0.1, 0.15) is 18.9 Å². The molecule has 0 heterocycles. The Bertz CT molecular complexity index is 348. The summed E-state index contributed by atoms with van der Waals surface area (Å²) in [5, 5.41) is 11.4. The molecule has 0 spiro atoms. The summed E-state index contributed by atoms with van der Waals surface area (Å²) < 4.78 is 5.42. The highest BCUT2D eigenvalue weighted by molar-refractivity contribution is 5.76. The van der Waals surface area contributed by atoms with Crippen LogP contribution in [0.3, 0.4) is 0 Å². The molecule has 0 bridgehead atoms. The summed E-state index contributed by atoms with van der Waals surface area (Å²) in [6.07, 6.45) is 0.290. The summed E-state index contributed by atoms with van der Waals surface area (Å²) in [7, 11) is 0. The van der Waals surface area contributed by atoms with Gasteiger partial charge in [-0.3, -0.25) is 4.79 Å². The van der Waals surface area contributed by atoms with Crippen molar-refractivity contribution in [1.82, 2.24) is 5.32 Å². The van der Waals surface area contributed by atoms with Crippen molar-refractivity contribution in [3.63, 3.8) is 0 Å². The van der Waals surface area contributed by atoms with Gasteiger partial charge < -0.3 is 15.2 Å². The van der Waals surface area contributed by atoms with Crippen molar-refractivity contribution in [1.29, 1.82) is 0 Å². The molecule has 94 valence electrons. The number of benzene rings is 1. The van der Waals surface area contributed by atoms with E-state index in [1.165, 1.54) is 5.56 Å². The molecular formula is C13H19NO3. The molecule has 4 heteroatoms. The number of aryl methyl sites for hydroxylation is 1. The zero-order valence-corrected chi connectivity index (χ0v) is 10.3. The van der Waals surface area contributed by atoms with E-state index in [1.807, 2.05) is 31.2 Å². The monoisotopic (exact) mass is 237 g/mol. The van der Waals surface area contributed by atoms with Crippen molar-refractivity contribution in [2.45, 2.75) is 26.3 Å². The third-order valence-corrected chi connectivity index (χ3v) is 2.30. The molecule has 0 aliphatic heterocycles. The van der Waals surface area contributed by atoms with Gasteiger partial charge in [-0.1, -0.05) is 17.7 Å². The second kappa shape index (κ2) is 6.91. The predicted molar refractivity (Wildman–Crippen MR) is 66.0 cm³/mol. The largest absolute Gasteiger partial charge is 0.493 e. The molecule has 2 N–H and O–H groups in total. The Morgan fingerprint density at radius 2 is 2.06 bits per heavy atom. The summed E-state index contributed by atoms with van der Waals surface area (Å²) in [5.74, 6) is 0.650. The Labute approximate surface area is 102 Å². The van der Waals surface area contributed by atoms with E-state index in [4.69, 9.17) is 9.84 Å². The van der Waals surface area contributed by atoms with E-state index in [9.17, 15) is 4.79 Å². The first-order chi connectivity index (χ1) is 8.11. The zero-order chi connectivity index (χ0) is 12.7. The molecule has 1 amide bonds. The molecule has 0 aromatic heterocycles. The average Bonchev–Trinajstić information content (AvgIpc) is 2.31. The van der Waals surface area contributed by atoms with Gasteiger partial charge in [0, 0.05) is 6.04 Å². The van der Waals surface area contributed by atoms with Crippen molar-refractivity contribution in [3.8, 4) is 5.75 Å². The minimum atomic E-state index is -0.207. The van der Waals surface area contributed by atoms with E-state index in [1.54, 1.807) is 6.92 Å². The maximum absolute atomic E-state index is 11.4. The third-order valence-electron chi connectivity index (χ3n) is 2.30. The van der Waals surface area contributed by atoms with Gasteiger partial charge in [0.15, 0.2) is 0 Å². The summed E-state index contributed by atoms with van der Waals surface area (Å²) in [4.78, 5) is 11.4. The van der Waals surface area contributed by atoms with E-state index >= 15 is 0 Å². The predicted octanol–water partition coefficient (Wildman–Crippen LogP) is 1.26. The van der Waals surface area contributed by atoms with Crippen LogP contribution in [0.25, 0.3) is 0 Å². The molecule has 1 aromatic carbocycles. The number of aliphatic hydroxyl groups excluding tert-OH is 1. The molecule has 0 radical (unpaired) electrons. The van der Waals surface area contributed by atoms with Crippen LogP contribution in [0.2, 0.25) is 0 Å². The lowest BCUT2D eigenvalue weighted by Crippen LogP contribution is -2.35. The average molecular weight is 237 g/mol. The first kappa shape index (κ1) is 13.5. The number of carbonyl (C=O) groups is 1. The quantitative estimate of drug-likeness (QED) is 0.783. The summed E-state index contributed by atoms with van der Waals surface area (Å²) in [6.45, 7) is 4.05. The van der Waals surface area contributed by atoms with Crippen LogP contribution < -0.4 is 10.1 Å². The molecule has 1 atom stereocenters. The Hall–Kier alpha value is -1.55. The highest BCUT2D eigenvalue weighted by atomic mass is 16.5. The molecular weight excluding hydrogens is 218 g/mol. The smallest absolute Gasteiger partial charge is 0.223 e. The first-order valence-corrected chi connectivity index (χ1v) is 5.71. The number of ether oxygens (including phenoxy) is 1. The van der Waals surface area contributed by atoms with Gasteiger partial charge >= 0.3 is 0 Å². The Balaban J connectivity index is 2.23. The van der Waals surface area contributed by atoms with E-state index in [-0.39, 0.29) is 25.0 Å². The number of carbonyl (C=O) groups excluding carboxylic acids is 1. The maximum atomic E-state index is 11.4. The minimum Gasteiger partial charge on any atom is -0.493 e. The highest BCUT2D eigenvalue weighted by Gasteiger charge is 2.05. The first-order valence-electron chi connectivity index (χ1n) is 5.71. The van der Waals surface area contributed by atoms with Crippen LogP contribution in [-0.4, -0.2) is 30.3 Å². The normalized spacial score (nSPS) is 11.9. The van der Waals surface area contributed by atoms with Gasteiger partial charge in [-0.05, 0) is 26.0 Å². The topological polar surface area (TPSA) is 58.6 Å². The Kier molecular flexibility index (Phi) is 5.49. The number of rotatable bonds is 6. The van der Waals surface area contributed by atoms with Crippen LogP contribution in [0.5, 0.6) is 5.75 Å². The molecule has 0 saturated heterocycles. The molecule has 1 unspecified atom stereocenters. The molecule has 17 heavy (non-hydrogen) atoms.